The normalized spacial score (nSPS) is 17.2. The number of hydrogen-bond acceptors (Lipinski definition) is 3. The van der Waals surface area contributed by atoms with E-state index in [-0.39, 0.29) is 4.90 Å². The molecule has 2 amide bonds. The molecule has 0 saturated heterocycles. The maximum atomic E-state index is 14.6. The van der Waals surface area contributed by atoms with Crippen LogP contribution in [-0.2, 0) is 41.2 Å². The Morgan fingerprint density at radius 3 is 2.27 bits per heavy atom. The number of nitrogens with one attached hydrogen (secondary N) is 1. The minimum Gasteiger partial charge on any atom is -0.386 e. The van der Waals surface area contributed by atoms with Crippen LogP contribution < -0.4 is 10.5 Å². The summed E-state index contributed by atoms with van der Waals surface area (Å²) in [5.74, 6) is -0.875. The summed E-state index contributed by atoms with van der Waals surface area (Å²) in [6.45, 7) is 3.02. The van der Waals surface area contributed by atoms with Crippen LogP contribution in [0, 0.1) is 5.82 Å². The second kappa shape index (κ2) is 7.44. The zero-order valence-electron chi connectivity index (χ0n) is 17.1. The molecule has 8 heteroatoms. The van der Waals surface area contributed by atoms with Crippen molar-refractivity contribution in [3.05, 3.63) is 57.9 Å². The number of benzene rings is 2. The summed E-state index contributed by atoms with van der Waals surface area (Å²) in [6.07, 6.45) is 5.78. The van der Waals surface area contributed by atoms with Crippen LogP contribution in [0.15, 0.2) is 33.5 Å². The Kier molecular flexibility index (Phi) is 5.20. The second-order valence-corrected chi connectivity index (χ2v) is 10.3. The minimum absolute atomic E-state index is 0.304. The summed E-state index contributed by atoms with van der Waals surface area (Å²) in [5.41, 5.74) is 4.52. The number of carbonyl (C=O) groups excluding carboxylic acids is 1. The van der Waals surface area contributed by atoms with Crippen LogP contribution in [0.2, 0.25) is 0 Å². The molecule has 4 N–H and O–H groups in total. The largest absolute Gasteiger partial charge is 0.386 e. The van der Waals surface area contributed by atoms with Crippen molar-refractivity contribution in [2.24, 2.45) is 9.50 Å². The smallest absolute Gasteiger partial charge is 0.354 e. The molecule has 160 valence electrons. The molecular formula is C22H26FN3O3S. The van der Waals surface area contributed by atoms with E-state index in [0.29, 0.717) is 5.56 Å². The van der Waals surface area contributed by atoms with E-state index in [9.17, 15) is 18.5 Å². The highest BCUT2D eigenvalue weighted by Crippen LogP contribution is 2.38. The third kappa shape index (κ3) is 3.87. The van der Waals surface area contributed by atoms with Crippen molar-refractivity contribution in [1.29, 1.82) is 0 Å². The fourth-order valence-corrected chi connectivity index (χ4v) is 5.38. The van der Waals surface area contributed by atoms with Gasteiger partial charge in [-0.25, -0.2) is 18.5 Å². The number of aryl methyl sites for hydroxylation is 2. The number of aliphatic hydroxyl groups is 1. The monoisotopic (exact) mass is 431 g/mol. The molecule has 2 aromatic carbocycles. The van der Waals surface area contributed by atoms with Gasteiger partial charge in [-0.3, -0.25) is 0 Å². The lowest BCUT2D eigenvalue weighted by Crippen LogP contribution is -2.21. The average Bonchev–Trinajstić information content (AvgIpc) is 3.28. The van der Waals surface area contributed by atoms with E-state index in [1.165, 1.54) is 37.1 Å². The lowest BCUT2D eigenvalue weighted by atomic mass is 9.99. The molecule has 30 heavy (non-hydrogen) atoms. The van der Waals surface area contributed by atoms with E-state index < -0.39 is 27.4 Å². The number of nitrogens with two attached hydrogens (primary N) is 1. The SMILES string of the molecule is CC(C)(O)c1ccc([S@@](N)(=O)=NC(=O)Nc2c3c(cc4c2CCC4)CCC3)c(F)c1. The van der Waals surface area contributed by atoms with E-state index in [0.717, 1.165) is 61.4 Å². The van der Waals surface area contributed by atoms with Crippen molar-refractivity contribution in [2.75, 3.05) is 5.32 Å². The summed E-state index contributed by atoms with van der Waals surface area (Å²) in [4.78, 5) is 12.3. The summed E-state index contributed by atoms with van der Waals surface area (Å²) in [5, 5.41) is 18.6. The molecule has 0 fully saturated rings. The first-order chi connectivity index (χ1) is 14.1. The second-order valence-electron chi connectivity index (χ2n) is 8.53. The van der Waals surface area contributed by atoms with E-state index in [1.807, 2.05) is 0 Å². The summed E-state index contributed by atoms with van der Waals surface area (Å²) >= 11 is 0. The van der Waals surface area contributed by atoms with E-state index in [4.69, 9.17) is 5.14 Å². The Hall–Kier alpha value is -2.29. The van der Waals surface area contributed by atoms with Gasteiger partial charge < -0.3 is 10.4 Å². The fourth-order valence-electron chi connectivity index (χ4n) is 4.39. The number of anilines is 1. The Morgan fingerprint density at radius 2 is 1.73 bits per heavy atom. The number of halogens is 1. The van der Waals surface area contributed by atoms with Crippen LogP contribution >= 0.6 is 0 Å². The molecule has 6 nitrogen and oxygen atoms in total. The van der Waals surface area contributed by atoms with Gasteiger partial charge in [0.25, 0.3) is 0 Å². The van der Waals surface area contributed by atoms with Crippen LogP contribution in [0.4, 0.5) is 14.9 Å². The van der Waals surface area contributed by atoms with Crippen molar-refractivity contribution >= 4 is 21.6 Å². The molecule has 4 rings (SSSR count). The van der Waals surface area contributed by atoms with Gasteiger partial charge in [-0.2, -0.15) is 0 Å². The highest BCUT2D eigenvalue weighted by molar-refractivity contribution is 7.91. The molecule has 1 atom stereocenters. The number of urea groups is 1. The van der Waals surface area contributed by atoms with Crippen molar-refractivity contribution in [3.8, 4) is 0 Å². The van der Waals surface area contributed by atoms with Crippen LogP contribution in [0.25, 0.3) is 0 Å². The Balaban J connectivity index is 1.67. The topological polar surface area (TPSA) is 105 Å². The van der Waals surface area contributed by atoms with Gasteiger partial charge in [-0.05, 0) is 92.3 Å². The number of fused-ring (bicyclic) bond motifs is 2. The van der Waals surface area contributed by atoms with Crippen LogP contribution in [0.1, 0.15) is 54.5 Å². The lowest BCUT2D eigenvalue weighted by Gasteiger charge is -2.18. The molecule has 2 aliphatic rings. The quantitative estimate of drug-likeness (QED) is 0.685. The number of amides is 2. The minimum atomic E-state index is -3.79. The van der Waals surface area contributed by atoms with Gasteiger partial charge in [0.15, 0.2) is 0 Å². The van der Waals surface area contributed by atoms with E-state index in [1.54, 1.807) is 0 Å². The Bertz CT molecular complexity index is 1130. The lowest BCUT2D eigenvalue weighted by molar-refractivity contribution is 0.0781. The van der Waals surface area contributed by atoms with Gasteiger partial charge >= 0.3 is 6.03 Å². The zero-order valence-corrected chi connectivity index (χ0v) is 17.9. The van der Waals surface area contributed by atoms with Gasteiger partial charge in [0.05, 0.1) is 10.5 Å². The maximum Gasteiger partial charge on any atom is 0.354 e. The van der Waals surface area contributed by atoms with Crippen molar-refractivity contribution < 1.29 is 18.5 Å². The molecule has 0 radical (unpaired) electrons. The maximum absolute atomic E-state index is 14.6. The van der Waals surface area contributed by atoms with Gasteiger partial charge in [0.1, 0.15) is 15.7 Å². The predicted molar refractivity (Wildman–Crippen MR) is 114 cm³/mol. The third-order valence-corrected chi connectivity index (χ3v) is 7.28. The first-order valence-electron chi connectivity index (χ1n) is 10.1. The Labute approximate surface area is 176 Å². The van der Waals surface area contributed by atoms with Crippen molar-refractivity contribution in [3.63, 3.8) is 0 Å². The molecule has 0 bridgehead atoms. The molecule has 0 unspecified atom stereocenters. The molecule has 0 aromatic heterocycles. The van der Waals surface area contributed by atoms with Gasteiger partial charge in [-0.1, -0.05) is 12.1 Å². The molecule has 2 aromatic rings. The first kappa shape index (κ1) is 21.0. The van der Waals surface area contributed by atoms with Gasteiger partial charge in [0, 0.05) is 5.69 Å². The highest BCUT2D eigenvalue weighted by Gasteiger charge is 2.26. The molecule has 2 aliphatic carbocycles. The molecule has 0 saturated carbocycles. The van der Waals surface area contributed by atoms with Gasteiger partial charge in [-0.15, -0.1) is 4.36 Å². The van der Waals surface area contributed by atoms with Gasteiger partial charge in [0.2, 0.25) is 0 Å². The van der Waals surface area contributed by atoms with E-state index >= 15 is 0 Å². The standard InChI is InChI=1S/C22H26FN3O3S/c1-22(2,28)15-9-10-19(18(23)12-15)30(24,29)26-21(27)25-20-16-7-3-5-13(16)11-14-6-4-8-17(14)20/h9-12,28H,3-8H2,1-2H3,(H3,24,25,26,27,29)/t30-/m0/s1. The van der Waals surface area contributed by atoms with Crippen molar-refractivity contribution in [2.45, 2.75) is 62.9 Å². The van der Waals surface area contributed by atoms with E-state index in [2.05, 4.69) is 15.7 Å². The predicted octanol–water partition coefficient (Wildman–Crippen LogP) is 3.96. The molecule has 0 aliphatic heterocycles. The number of nitrogens with zero attached hydrogens (tertiary/aromatic N) is 1. The summed E-state index contributed by atoms with van der Waals surface area (Å²) < 4.78 is 31.1. The Morgan fingerprint density at radius 1 is 1.13 bits per heavy atom. The third-order valence-electron chi connectivity index (χ3n) is 5.88. The summed E-state index contributed by atoms with van der Waals surface area (Å²) in [7, 11) is -3.79. The highest BCUT2D eigenvalue weighted by atomic mass is 32.2. The number of hydrogen-bond donors (Lipinski definition) is 3. The van der Waals surface area contributed by atoms with Crippen LogP contribution in [0.3, 0.4) is 0 Å². The molecule has 0 spiro atoms. The fraction of sp³-hybridized carbons (Fsp3) is 0.409. The average molecular weight is 432 g/mol. The molecular weight excluding hydrogens is 405 g/mol. The number of carbonyl (C=O) groups is 1. The van der Waals surface area contributed by atoms with Crippen molar-refractivity contribution in [1.82, 2.24) is 0 Å². The summed E-state index contributed by atoms with van der Waals surface area (Å²) in [6, 6.07) is 5.09. The van der Waals surface area contributed by atoms with Crippen LogP contribution in [0.5, 0.6) is 0 Å². The number of rotatable bonds is 3. The zero-order chi connectivity index (χ0) is 21.7. The van der Waals surface area contributed by atoms with Crippen LogP contribution in [-0.4, -0.2) is 15.3 Å². The molecule has 0 heterocycles. The first-order valence-corrected chi connectivity index (χ1v) is 11.7.